The Bertz CT molecular complexity index is 1300. The van der Waals surface area contributed by atoms with Crippen LogP contribution in [0.25, 0.3) is 0 Å². The lowest BCUT2D eigenvalue weighted by molar-refractivity contribution is 0.117. The summed E-state index contributed by atoms with van der Waals surface area (Å²) in [7, 11) is 0. The summed E-state index contributed by atoms with van der Waals surface area (Å²) in [6.45, 7) is 6.20. The summed E-state index contributed by atoms with van der Waals surface area (Å²) in [6.07, 6.45) is 26.8. The molecule has 0 bridgehead atoms. The zero-order chi connectivity index (χ0) is 37.0. The van der Waals surface area contributed by atoms with Gasteiger partial charge in [0.1, 0.15) is 0 Å². The molecule has 2 aromatic rings. The number of amides is 4. The summed E-state index contributed by atoms with van der Waals surface area (Å²) in [5.41, 5.74) is 4.34. The van der Waals surface area contributed by atoms with Gasteiger partial charge in [0.15, 0.2) is 0 Å². The molecule has 0 spiro atoms. The fourth-order valence-electron chi connectivity index (χ4n) is 10.3. The SMILES string of the molecule is O=C(Nc1ccc(N2CCCCCC2)cc1)N(C[C@H]1CC[C@H](CN(C(=O)Nc2ccc(N3CCCCCC3)cc2)C2CCCCC2)CC1)C1CCCCC1. The van der Waals surface area contributed by atoms with Crippen LogP contribution in [0.1, 0.15) is 141 Å². The standard InChI is InChI=1S/C46H70N6O2/c53-45(47-39-23-27-41(28-24-39)49-31-11-1-2-12-32-49)51(43-15-7-5-8-16-43)35-37-19-21-38(22-20-37)36-52(44-17-9-6-10-18-44)46(54)48-40-25-29-42(30-26-40)50-33-13-3-4-14-34-50/h23-30,37-38,43-44H,1-22,31-36H2,(H,47,53)(H,48,54)/t37-,38-. The van der Waals surface area contributed by atoms with E-state index in [2.05, 4.69) is 78.8 Å². The van der Waals surface area contributed by atoms with Gasteiger partial charge in [0, 0.05) is 74.1 Å². The number of carbonyl (C=O) groups excluding carboxylic acids is 2. The molecule has 2 aromatic carbocycles. The number of hydrogen-bond acceptors (Lipinski definition) is 4. The van der Waals surface area contributed by atoms with Gasteiger partial charge < -0.3 is 30.2 Å². The van der Waals surface area contributed by atoms with E-state index in [9.17, 15) is 9.59 Å². The van der Waals surface area contributed by atoms with E-state index in [0.717, 1.165) is 102 Å². The van der Waals surface area contributed by atoms with Gasteiger partial charge >= 0.3 is 12.1 Å². The van der Waals surface area contributed by atoms with Crippen molar-refractivity contribution in [1.82, 2.24) is 9.80 Å². The summed E-state index contributed by atoms with van der Waals surface area (Å²) >= 11 is 0. The molecule has 3 saturated carbocycles. The number of carbonyl (C=O) groups is 2. The first kappa shape index (κ1) is 38.8. The molecule has 2 N–H and O–H groups in total. The third-order valence-corrected chi connectivity index (χ3v) is 13.6. The third kappa shape index (κ3) is 10.9. The topological polar surface area (TPSA) is 71.2 Å². The van der Waals surface area contributed by atoms with Crippen LogP contribution in [0, 0.1) is 11.8 Å². The van der Waals surface area contributed by atoms with Crippen LogP contribution < -0.4 is 20.4 Å². The second kappa shape index (κ2) is 20.0. The molecule has 0 radical (unpaired) electrons. The highest BCUT2D eigenvalue weighted by Gasteiger charge is 2.33. The highest BCUT2D eigenvalue weighted by Crippen LogP contribution is 2.34. The zero-order valence-electron chi connectivity index (χ0n) is 33.3. The monoisotopic (exact) mass is 739 g/mol. The molecule has 296 valence electrons. The maximum Gasteiger partial charge on any atom is 0.322 e. The van der Waals surface area contributed by atoms with Crippen molar-refractivity contribution in [3.8, 4) is 0 Å². The van der Waals surface area contributed by atoms with Gasteiger partial charge in [-0.3, -0.25) is 0 Å². The summed E-state index contributed by atoms with van der Waals surface area (Å²) in [4.78, 5) is 37.4. The molecular weight excluding hydrogens is 669 g/mol. The van der Waals surface area contributed by atoms with Gasteiger partial charge in [-0.05, 0) is 137 Å². The number of benzene rings is 2. The van der Waals surface area contributed by atoms with Gasteiger partial charge in [-0.25, -0.2) is 9.59 Å². The summed E-state index contributed by atoms with van der Waals surface area (Å²) in [6, 6.07) is 18.0. The largest absolute Gasteiger partial charge is 0.372 e. The lowest BCUT2D eigenvalue weighted by atomic mass is 9.80. The van der Waals surface area contributed by atoms with E-state index in [-0.39, 0.29) is 12.1 Å². The van der Waals surface area contributed by atoms with Crippen molar-refractivity contribution in [3.05, 3.63) is 48.5 Å². The molecule has 5 aliphatic rings. The van der Waals surface area contributed by atoms with Crippen LogP contribution in [-0.2, 0) is 0 Å². The number of anilines is 4. The molecule has 0 atom stereocenters. The van der Waals surface area contributed by atoms with Crippen LogP contribution in [0.15, 0.2) is 48.5 Å². The van der Waals surface area contributed by atoms with Gasteiger partial charge in [-0.2, -0.15) is 0 Å². The highest BCUT2D eigenvalue weighted by atomic mass is 16.2. The van der Waals surface area contributed by atoms with E-state index < -0.39 is 0 Å². The van der Waals surface area contributed by atoms with Crippen molar-refractivity contribution >= 4 is 34.8 Å². The van der Waals surface area contributed by atoms with Gasteiger partial charge in [-0.15, -0.1) is 0 Å². The molecule has 2 saturated heterocycles. The maximum absolute atomic E-state index is 14.0. The van der Waals surface area contributed by atoms with E-state index in [4.69, 9.17) is 0 Å². The van der Waals surface area contributed by atoms with E-state index >= 15 is 0 Å². The second-order valence-corrected chi connectivity index (χ2v) is 17.5. The first-order valence-corrected chi connectivity index (χ1v) is 22.4. The van der Waals surface area contributed by atoms with Gasteiger partial charge in [0.25, 0.3) is 0 Å². The van der Waals surface area contributed by atoms with Crippen molar-refractivity contribution in [2.75, 3.05) is 59.7 Å². The van der Waals surface area contributed by atoms with Crippen LogP contribution in [-0.4, -0.2) is 73.2 Å². The Labute approximate surface area is 326 Å². The van der Waals surface area contributed by atoms with Crippen molar-refractivity contribution in [3.63, 3.8) is 0 Å². The first-order valence-electron chi connectivity index (χ1n) is 22.4. The molecule has 0 aromatic heterocycles. The molecule has 2 heterocycles. The summed E-state index contributed by atoms with van der Waals surface area (Å²) < 4.78 is 0. The Morgan fingerprint density at radius 3 is 1.09 bits per heavy atom. The molecule has 5 fully saturated rings. The molecule has 4 amide bonds. The lowest BCUT2D eigenvalue weighted by Gasteiger charge is -2.40. The van der Waals surface area contributed by atoms with Gasteiger partial charge in [-0.1, -0.05) is 64.2 Å². The molecule has 54 heavy (non-hydrogen) atoms. The van der Waals surface area contributed by atoms with Gasteiger partial charge in [0.2, 0.25) is 0 Å². The molecule has 3 aliphatic carbocycles. The van der Waals surface area contributed by atoms with Crippen molar-refractivity contribution in [2.24, 2.45) is 11.8 Å². The van der Waals surface area contributed by atoms with E-state index in [1.165, 1.54) is 101 Å². The summed E-state index contributed by atoms with van der Waals surface area (Å²) in [5, 5.41) is 6.62. The Hall–Kier alpha value is -3.42. The Balaban J connectivity index is 0.936. The minimum Gasteiger partial charge on any atom is -0.372 e. The number of urea groups is 2. The second-order valence-electron chi connectivity index (χ2n) is 17.5. The van der Waals surface area contributed by atoms with Gasteiger partial charge in [0.05, 0.1) is 0 Å². The number of nitrogens with one attached hydrogen (secondary N) is 2. The third-order valence-electron chi connectivity index (χ3n) is 13.6. The fourth-order valence-corrected chi connectivity index (χ4v) is 10.3. The quantitative estimate of drug-likeness (QED) is 0.255. The highest BCUT2D eigenvalue weighted by molar-refractivity contribution is 5.90. The number of nitrogens with zero attached hydrogens (tertiary/aromatic N) is 4. The molecular formula is C46H70N6O2. The van der Waals surface area contributed by atoms with Crippen LogP contribution in [0.3, 0.4) is 0 Å². The zero-order valence-corrected chi connectivity index (χ0v) is 33.3. The van der Waals surface area contributed by atoms with E-state index in [1.807, 2.05) is 0 Å². The van der Waals surface area contributed by atoms with E-state index in [0.29, 0.717) is 23.9 Å². The minimum atomic E-state index is 0.0751. The smallest absolute Gasteiger partial charge is 0.322 e. The predicted molar refractivity (Wildman–Crippen MR) is 225 cm³/mol. The number of rotatable bonds is 10. The average molecular weight is 739 g/mol. The Kier molecular flexibility index (Phi) is 14.4. The maximum atomic E-state index is 14.0. The number of hydrogen-bond donors (Lipinski definition) is 2. The lowest BCUT2D eigenvalue weighted by Crippen LogP contribution is -2.48. The predicted octanol–water partition coefficient (Wildman–Crippen LogP) is 11.3. The van der Waals surface area contributed by atoms with E-state index in [1.54, 1.807) is 0 Å². The molecule has 8 nitrogen and oxygen atoms in total. The Morgan fingerprint density at radius 1 is 0.444 bits per heavy atom. The fraction of sp³-hybridized carbons (Fsp3) is 0.696. The molecule has 7 rings (SSSR count). The Morgan fingerprint density at radius 2 is 0.759 bits per heavy atom. The van der Waals surface area contributed by atoms with Crippen LogP contribution in [0.5, 0.6) is 0 Å². The van der Waals surface area contributed by atoms with Crippen LogP contribution in [0.4, 0.5) is 32.3 Å². The first-order chi connectivity index (χ1) is 26.6. The van der Waals surface area contributed by atoms with Crippen LogP contribution >= 0.6 is 0 Å². The normalized spacial score (nSPS) is 23.6. The average Bonchev–Trinajstić information content (AvgIpc) is 3.67. The van der Waals surface area contributed by atoms with Crippen LogP contribution in [0.2, 0.25) is 0 Å². The molecule has 2 aliphatic heterocycles. The summed E-state index contributed by atoms with van der Waals surface area (Å²) in [5.74, 6) is 1.03. The van der Waals surface area contributed by atoms with Crippen molar-refractivity contribution in [2.45, 2.75) is 153 Å². The van der Waals surface area contributed by atoms with Crippen molar-refractivity contribution < 1.29 is 9.59 Å². The molecule has 8 heteroatoms. The van der Waals surface area contributed by atoms with Crippen molar-refractivity contribution in [1.29, 1.82) is 0 Å². The minimum absolute atomic E-state index is 0.0751. The molecule has 0 unspecified atom stereocenters.